The average Bonchev–Trinajstić information content (AvgIpc) is 2.38. The van der Waals surface area contributed by atoms with Gasteiger partial charge in [-0.05, 0) is 24.1 Å². The Labute approximate surface area is 111 Å². The molecular weight excluding hydrogens is 248 g/mol. The van der Waals surface area contributed by atoms with Crippen LogP contribution in [0.5, 0.6) is 5.75 Å². The first-order valence-corrected chi connectivity index (χ1v) is 5.91. The van der Waals surface area contributed by atoms with Crippen LogP contribution in [0.1, 0.15) is 12.0 Å². The summed E-state index contributed by atoms with van der Waals surface area (Å²) in [6.45, 7) is 0.402. The largest absolute Gasteiger partial charge is 0.497 e. The van der Waals surface area contributed by atoms with Crippen LogP contribution in [0, 0.1) is 0 Å². The summed E-state index contributed by atoms with van der Waals surface area (Å²) in [6.07, 6.45) is 0.258. The van der Waals surface area contributed by atoms with E-state index >= 15 is 0 Å². The maximum atomic E-state index is 11.5. The van der Waals surface area contributed by atoms with Crippen LogP contribution in [0.2, 0.25) is 0 Å². The van der Waals surface area contributed by atoms with Crippen molar-refractivity contribution in [2.75, 3.05) is 13.7 Å². The van der Waals surface area contributed by atoms with Crippen molar-refractivity contribution in [1.82, 2.24) is 5.32 Å². The van der Waals surface area contributed by atoms with Gasteiger partial charge in [-0.3, -0.25) is 9.59 Å². The second-order valence-corrected chi connectivity index (χ2v) is 4.10. The van der Waals surface area contributed by atoms with Crippen LogP contribution in [-0.4, -0.2) is 36.7 Å². The Balaban J connectivity index is 2.37. The Bertz CT molecular complexity index is 448. The number of carbonyl (C=O) groups is 2. The van der Waals surface area contributed by atoms with Crippen LogP contribution in [0.15, 0.2) is 24.3 Å². The van der Waals surface area contributed by atoms with Gasteiger partial charge in [-0.2, -0.15) is 0 Å². The number of carbonyl (C=O) groups excluding carboxylic acids is 1. The van der Waals surface area contributed by atoms with Gasteiger partial charge >= 0.3 is 5.97 Å². The van der Waals surface area contributed by atoms with E-state index in [-0.39, 0.29) is 6.42 Å². The van der Waals surface area contributed by atoms with Crippen LogP contribution in [0.25, 0.3) is 0 Å². The number of rotatable bonds is 7. The molecule has 0 saturated carbocycles. The smallest absolute Gasteiger partial charge is 0.305 e. The van der Waals surface area contributed by atoms with Gasteiger partial charge in [0.05, 0.1) is 19.6 Å². The van der Waals surface area contributed by atoms with E-state index in [1.54, 1.807) is 7.11 Å². The minimum absolute atomic E-state index is 0.370. The molecule has 0 spiro atoms. The number of methoxy groups -OCH3 is 1. The van der Waals surface area contributed by atoms with Gasteiger partial charge in [-0.15, -0.1) is 0 Å². The predicted octanol–water partition coefficient (Wildman–Crippen LogP) is 0.156. The number of nitrogens with one attached hydrogen (secondary N) is 1. The number of carboxylic acids is 1. The standard InChI is InChI=1S/C13H18N2O4/c1-19-10-4-2-3-9(7-10)5-6-15-13(18)11(14)8-12(16)17/h2-4,7,11H,5-6,8,14H2,1H3,(H,15,18)(H,16,17)/t11-/m0/s1. The first kappa shape index (κ1) is 15.0. The van der Waals surface area contributed by atoms with E-state index in [9.17, 15) is 9.59 Å². The molecule has 1 amide bonds. The monoisotopic (exact) mass is 266 g/mol. The van der Waals surface area contributed by atoms with Gasteiger partial charge in [0.25, 0.3) is 0 Å². The van der Waals surface area contributed by atoms with Crippen molar-refractivity contribution < 1.29 is 19.4 Å². The zero-order valence-electron chi connectivity index (χ0n) is 10.8. The number of hydrogen-bond donors (Lipinski definition) is 3. The molecule has 0 aromatic heterocycles. The lowest BCUT2D eigenvalue weighted by atomic mass is 10.1. The number of amides is 1. The Kier molecular flexibility index (Phi) is 5.81. The van der Waals surface area contributed by atoms with E-state index in [1.165, 1.54) is 0 Å². The molecule has 104 valence electrons. The molecule has 1 aromatic carbocycles. The zero-order chi connectivity index (χ0) is 14.3. The van der Waals surface area contributed by atoms with Gasteiger partial charge in [-0.1, -0.05) is 12.1 Å². The Morgan fingerprint density at radius 1 is 1.47 bits per heavy atom. The van der Waals surface area contributed by atoms with Crippen molar-refractivity contribution in [3.8, 4) is 5.75 Å². The summed E-state index contributed by atoms with van der Waals surface area (Å²) < 4.78 is 5.09. The summed E-state index contributed by atoms with van der Waals surface area (Å²) in [5, 5.41) is 11.1. The molecule has 0 radical (unpaired) electrons. The van der Waals surface area contributed by atoms with Crippen LogP contribution in [-0.2, 0) is 16.0 Å². The zero-order valence-corrected chi connectivity index (χ0v) is 10.8. The maximum Gasteiger partial charge on any atom is 0.305 e. The van der Waals surface area contributed by atoms with Crippen molar-refractivity contribution >= 4 is 11.9 Å². The number of benzene rings is 1. The van der Waals surface area contributed by atoms with E-state index in [0.717, 1.165) is 11.3 Å². The molecule has 6 nitrogen and oxygen atoms in total. The molecule has 4 N–H and O–H groups in total. The summed E-state index contributed by atoms with van der Waals surface area (Å²) >= 11 is 0. The van der Waals surface area contributed by atoms with Crippen molar-refractivity contribution in [1.29, 1.82) is 0 Å². The van der Waals surface area contributed by atoms with Crippen LogP contribution < -0.4 is 15.8 Å². The average molecular weight is 266 g/mol. The van der Waals surface area contributed by atoms with Crippen molar-refractivity contribution in [3.05, 3.63) is 29.8 Å². The SMILES string of the molecule is COc1cccc(CCNC(=O)[C@@H](N)CC(=O)O)c1. The number of ether oxygens (including phenoxy) is 1. The summed E-state index contributed by atoms with van der Waals surface area (Å²) in [4.78, 5) is 21.9. The van der Waals surface area contributed by atoms with E-state index in [4.69, 9.17) is 15.6 Å². The molecule has 0 unspecified atom stereocenters. The number of carboxylic acid groups (broad SMARTS) is 1. The van der Waals surface area contributed by atoms with E-state index in [0.29, 0.717) is 13.0 Å². The van der Waals surface area contributed by atoms with Gasteiger partial charge in [0, 0.05) is 6.54 Å². The minimum atomic E-state index is -1.09. The second kappa shape index (κ2) is 7.38. The highest BCUT2D eigenvalue weighted by molar-refractivity contribution is 5.85. The summed E-state index contributed by atoms with van der Waals surface area (Å²) in [6, 6.07) is 6.49. The number of aliphatic carboxylic acids is 1. The lowest BCUT2D eigenvalue weighted by Gasteiger charge is -2.10. The highest BCUT2D eigenvalue weighted by atomic mass is 16.5. The molecule has 0 aliphatic carbocycles. The third-order valence-electron chi connectivity index (χ3n) is 2.58. The summed E-state index contributed by atoms with van der Waals surface area (Å²) in [7, 11) is 1.59. The fraction of sp³-hybridized carbons (Fsp3) is 0.385. The fourth-order valence-electron chi connectivity index (χ4n) is 1.57. The van der Waals surface area contributed by atoms with Gasteiger partial charge < -0.3 is 20.9 Å². The van der Waals surface area contributed by atoms with Gasteiger partial charge in [0.2, 0.25) is 5.91 Å². The van der Waals surface area contributed by atoms with Crippen molar-refractivity contribution in [3.63, 3.8) is 0 Å². The quantitative estimate of drug-likeness (QED) is 0.652. The molecule has 1 atom stereocenters. The lowest BCUT2D eigenvalue weighted by Crippen LogP contribution is -2.42. The predicted molar refractivity (Wildman–Crippen MR) is 69.9 cm³/mol. The van der Waals surface area contributed by atoms with E-state index in [1.807, 2.05) is 24.3 Å². The van der Waals surface area contributed by atoms with E-state index < -0.39 is 17.9 Å². The number of nitrogens with two attached hydrogens (primary N) is 1. The number of hydrogen-bond acceptors (Lipinski definition) is 4. The fourth-order valence-corrected chi connectivity index (χ4v) is 1.57. The first-order chi connectivity index (χ1) is 9.02. The first-order valence-electron chi connectivity index (χ1n) is 5.91. The topological polar surface area (TPSA) is 102 Å². The normalized spacial score (nSPS) is 11.7. The molecule has 0 aliphatic heterocycles. The second-order valence-electron chi connectivity index (χ2n) is 4.10. The Morgan fingerprint density at radius 3 is 2.84 bits per heavy atom. The minimum Gasteiger partial charge on any atom is -0.497 e. The molecule has 19 heavy (non-hydrogen) atoms. The molecule has 1 aromatic rings. The van der Waals surface area contributed by atoms with Crippen LogP contribution >= 0.6 is 0 Å². The third-order valence-corrected chi connectivity index (χ3v) is 2.58. The Morgan fingerprint density at radius 2 is 2.21 bits per heavy atom. The summed E-state index contributed by atoms with van der Waals surface area (Å²) in [5.41, 5.74) is 6.45. The maximum absolute atomic E-state index is 11.5. The molecule has 0 aliphatic rings. The molecule has 0 bridgehead atoms. The highest BCUT2D eigenvalue weighted by Gasteiger charge is 2.16. The van der Waals surface area contributed by atoms with Gasteiger partial charge in [-0.25, -0.2) is 0 Å². The Hall–Kier alpha value is -2.08. The van der Waals surface area contributed by atoms with Crippen LogP contribution in [0.4, 0.5) is 0 Å². The van der Waals surface area contributed by atoms with Crippen molar-refractivity contribution in [2.24, 2.45) is 5.73 Å². The molecule has 0 saturated heterocycles. The van der Waals surface area contributed by atoms with Gasteiger partial charge in [0.15, 0.2) is 0 Å². The molecule has 0 fully saturated rings. The third kappa shape index (κ3) is 5.39. The summed E-state index contributed by atoms with van der Waals surface area (Å²) in [5.74, 6) is -0.785. The molecule has 0 heterocycles. The molecule has 6 heteroatoms. The van der Waals surface area contributed by atoms with Gasteiger partial charge in [0.1, 0.15) is 5.75 Å². The van der Waals surface area contributed by atoms with Crippen LogP contribution in [0.3, 0.4) is 0 Å². The molecular formula is C13H18N2O4. The van der Waals surface area contributed by atoms with Crippen molar-refractivity contribution in [2.45, 2.75) is 18.9 Å². The van der Waals surface area contributed by atoms with E-state index in [2.05, 4.69) is 5.32 Å². The molecule has 1 rings (SSSR count). The lowest BCUT2D eigenvalue weighted by molar-refractivity contribution is -0.139. The highest BCUT2D eigenvalue weighted by Crippen LogP contribution is 2.12.